The molecule has 7 heteroatoms. The van der Waals surface area contributed by atoms with Gasteiger partial charge >= 0.3 is 0 Å². The molecule has 2 aromatic carbocycles. The molecule has 7 nitrogen and oxygen atoms in total. The van der Waals surface area contributed by atoms with Gasteiger partial charge in [-0.05, 0) is 17.2 Å². The Hall–Kier alpha value is -3.62. The van der Waals surface area contributed by atoms with Gasteiger partial charge in [-0.2, -0.15) is 28.2 Å². The number of nitrogens with one attached hydrogen (secondary N) is 1. The van der Waals surface area contributed by atoms with Crippen LogP contribution in [0.1, 0.15) is 39.9 Å². The van der Waals surface area contributed by atoms with Crippen LogP contribution in [0.5, 0.6) is 0 Å². The minimum absolute atomic E-state index is 0.00935. The van der Waals surface area contributed by atoms with Crippen LogP contribution in [0.4, 0.5) is 0 Å². The van der Waals surface area contributed by atoms with Gasteiger partial charge in [0.1, 0.15) is 6.54 Å². The van der Waals surface area contributed by atoms with E-state index in [1.165, 1.54) is 5.56 Å². The number of quaternary nitrogens is 4. The SMILES string of the molecule is C=CCNC(=O)C[NH2+][CH2-].C=CC[NH2+][CH2-].C=Cc1ccc(C(=O)CCC[NH2+][CH2-])cc1.C=Cc1ccc(C[NH2+][CH2-])cc1. The van der Waals surface area contributed by atoms with Gasteiger partial charge in [0, 0.05) is 30.5 Å². The van der Waals surface area contributed by atoms with Crippen molar-refractivity contribution in [3.8, 4) is 0 Å². The number of carbonyl (C=O) groups excluding carboxylic acids is 2. The minimum Gasteiger partial charge on any atom is -0.479 e. The zero-order valence-corrected chi connectivity index (χ0v) is 24.2. The second-order valence-corrected chi connectivity index (χ2v) is 8.27. The van der Waals surface area contributed by atoms with Crippen molar-refractivity contribution in [1.82, 2.24) is 5.32 Å². The molecule has 220 valence electrons. The lowest BCUT2D eigenvalue weighted by molar-refractivity contribution is -0.612. The largest absolute Gasteiger partial charge is 0.479 e. The second kappa shape index (κ2) is 28.4. The van der Waals surface area contributed by atoms with E-state index in [0.29, 0.717) is 19.5 Å². The molecule has 0 aliphatic carbocycles. The molecule has 0 atom stereocenters. The summed E-state index contributed by atoms with van der Waals surface area (Å²) in [5, 5.41) is 9.73. The summed E-state index contributed by atoms with van der Waals surface area (Å²) in [5.74, 6) is 0.192. The fourth-order valence-corrected chi connectivity index (χ4v) is 2.82. The summed E-state index contributed by atoms with van der Waals surface area (Å²) in [6.45, 7) is 18.0. The third-order valence-electron chi connectivity index (χ3n) is 4.98. The van der Waals surface area contributed by atoms with Crippen molar-refractivity contribution < 1.29 is 30.9 Å². The molecule has 0 aromatic heterocycles. The van der Waals surface area contributed by atoms with Gasteiger partial charge < -0.3 is 26.6 Å². The molecule has 0 fully saturated rings. The summed E-state index contributed by atoms with van der Waals surface area (Å²) in [5.41, 5.74) is 4.28. The van der Waals surface area contributed by atoms with Gasteiger partial charge in [0.05, 0.1) is 19.6 Å². The molecule has 0 radical (unpaired) electrons. The van der Waals surface area contributed by atoms with Crippen molar-refractivity contribution >= 4 is 23.8 Å². The first kappa shape index (κ1) is 38.5. The van der Waals surface area contributed by atoms with Crippen molar-refractivity contribution in [1.29, 1.82) is 0 Å². The van der Waals surface area contributed by atoms with Crippen molar-refractivity contribution in [2.45, 2.75) is 19.4 Å². The molecule has 1 amide bonds. The number of Topliss-reactive ketones (excluding diaryl/α,β-unsaturated/α-hetero) is 1. The van der Waals surface area contributed by atoms with Crippen LogP contribution in [0.25, 0.3) is 12.2 Å². The Bertz CT molecular complexity index is 954. The van der Waals surface area contributed by atoms with Crippen LogP contribution in [0.3, 0.4) is 0 Å². The molecule has 0 unspecified atom stereocenters. The standard InChI is InChI=1S/C13H17NO.C10H13N.C6H12N2O.C4H9N/c1-3-11-6-8-12(9-7-11)13(15)5-4-10-14-2;1-3-9-4-6-10(7-5-9)8-11-2;1-3-4-8-6(9)5-7-2;1-3-4-5-2/h3,6-9H,1-2,4-5,10,14H2;3-7H,1-2,8,11H2;3H,1-2,4-5,7H2,(H,8,9);3H,1-2,4-5H2. The Morgan fingerprint density at radius 1 is 0.750 bits per heavy atom. The van der Waals surface area contributed by atoms with Crippen molar-refractivity contribution in [3.05, 3.63) is 137 Å². The van der Waals surface area contributed by atoms with Crippen LogP contribution in [-0.2, 0) is 11.3 Å². The van der Waals surface area contributed by atoms with Crippen LogP contribution in [0.2, 0.25) is 0 Å². The molecule has 0 spiro atoms. The number of benzene rings is 2. The molecule has 2 aromatic rings. The fraction of sp³-hybridized carbons (Fsp3) is 0.212. The van der Waals surface area contributed by atoms with Gasteiger partial charge in [-0.15, -0.1) is 6.58 Å². The lowest BCUT2D eigenvalue weighted by Crippen LogP contribution is -2.79. The van der Waals surface area contributed by atoms with Crippen molar-refractivity contribution in [3.63, 3.8) is 0 Å². The van der Waals surface area contributed by atoms with E-state index in [0.717, 1.165) is 42.7 Å². The molecule has 0 heterocycles. The van der Waals surface area contributed by atoms with Gasteiger partial charge in [0.2, 0.25) is 0 Å². The number of amides is 1. The first-order valence-corrected chi connectivity index (χ1v) is 13.3. The van der Waals surface area contributed by atoms with Crippen LogP contribution in [0, 0.1) is 28.2 Å². The Morgan fingerprint density at radius 2 is 1.32 bits per heavy atom. The first-order chi connectivity index (χ1) is 19.4. The van der Waals surface area contributed by atoms with E-state index in [-0.39, 0.29) is 11.7 Å². The summed E-state index contributed by atoms with van der Waals surface area (Å²) in [6, 6.07) is 15.8. The third-order valence-corrected chi connectivity index (χ3v) is 4.98. The zero-order valence-electron chi connectivity index (χ0n) is 24.2. The van der Waals surface area contributed by atoms with Crippen LogP contribution in [0.15, 0.2) is 87.0 Å². The Morgan fingerprint density at radius 3 is 1.73 bits per heavy atom. The summed E-state index contributed by atoms with van der Waals surface area (Å²) < 4.78 is 0. The Balaban J connectivity index is 0. The summed E-state index contributed by atoms with van der Waals surface area (Å²) in [4.78, 5) is 22.2. The number of nitrogens with two attached hydrogens (primary N) is 4. The van der Waals surface area contributed by atoms with Crippen LogP contribution < -0.4 is 26.6 Å². The second-order valence-electron chi connectivity index (χ2n) is 8.27. The maximum absolute atomic E-state index is 11.7. The van der Waals surface area contributed by atoms with Gasteiger partial charge in [0.25, 0.3) is 5.91 Å². The molecule has 0 aliphatic heterocycles. The third kappa shape index (κ3) is 22.4. The Kier molecular flexibility index (Phi) is 27.3. The zero-order chi connectivity index (χ0) is 30.4. The highest BCUT2D eigenvalue weighted by Crippen LogP contribution is 2.08. The molecule has 9 N–H and O–H groups in total. The van der Waals surface area contributed by atoms with E-state index >= 15 is 0 Å². The molecule has 0 saturated carbocycles. The lowest BCUT2D eigenvalue weighted by Gasteiger charge is -2.02. The molecule has 40 heavy (non-hydrogen) atoms. The highest BCUT2D eigenvalue weighted by molar-refractivity contribution is 5.96. The summed E-state index contributed by atoms with van der Waals surface area (Å²) >= 11 is 0. The topological polar surface area (TPSA) is 113 Å². The van der Waals surface area contributed by atoms with Gasteiger partial charge in [-0.25, -0.2) is 0 Å². The maximum atomic E-state index is 11.7. The molecule has 0 saturated heterocycles. The molecule has 0 aliphatic rings. The summed E-state index contributed by atoms with van der Waals surface area (Å²) in [6.07, 6.45) is 8.54. The predicted octanol–water partition coefficient (Wildman–Crippen LogP) is 1.00. The number of ketones is 1. The average molecular weight is 550 g/mol. The van der Waals surface area contributed by atoms with Gasteiger partial charge in [0.15, 0.2) is 5.78 Å². The van der Waals surface area contributed by atoms with E-state index in [2.05, 4.69) is 84.1 Å². The molecular weight excluding hydrogens is 498 g/mol. The normalized spacial score (nSPS) is 9.20. The average Bonchev–Trinajstić information content (AvgIpc) is 2.98. The van der Waals surface area contributed by atoms with Crippen LogP contribution >= 0.6 is 0 Å². The minimum atomic E-state index is -0.00935. The molecule has 0 bridgehead atoms. The number of hydrogen-bond donors (Lipinski definition) is 5. The number of hydrogen-bond acceptors (Lipinski definition) is 2. The monoisotopic (exact) mass is 549 g/mol. The van der Waals surface area contributed by atoms with E-state index in [4.69, 9.17) is 0 Å². The van der Waals surface area contributed by atoms with E-state index in [1.54, 1.807) is 17.5 Å². The number of carbonyl (C=O) groups is 2. The predicted molar refractivity (Wildman–Crippen MR) is 167 cm³/mol. The quantitative estimate of drug-likeness (QED) is 0.0988. The van der Waals surface area contributed by atoms with E-state index in [1.807, 2.05) is 52.4 Å². The molecular formula is C33H51N5O2. The van der Waals surface area contributed by atoms with Crippen LogP contribution in [-0.4, -0.2) is 37.9 Å². The fourth-order valence-electron chi connectivity index (χ4n) is 2.82. The number of rotatable bonds is 15. The summed E-state index contributed by atoms with van der Waals surface area (Å²) in [7, 11) is 14.2. The molecule has 2 rings (SSSR count). The smallest absolute Gasteiger partial charge is 0.273 e. The Labute approximate surface area is 242 Å². The van der Waals surface area contributed by atoms with Crippen molar-refractivity contribution in [2.75, 3.05) is 26.2 Å². The van der Waals surface area contributed by atoms with Gasteiger partial charge in [-0.3, -0.25) is 9.59 Å². The highest BCUT2D eigenvalue weighted by Gasteiger charge is 2.04. The van der Waals surface area contributed by atoms with E-state index in [9.17, 15) is 9.59 Å². The maximum Gasteiger partial charge on any atom is 0.273 e. The van der Waals surface area contributed by atoms with E-state index < -0.39 is 0 Å². The first-order valence-electron chi connectivity index (χ1n) is 13.3. The highest BCUT2D eigenvalue weighted by atomic mass is 16.1. The van der Waals surface area contributed by atoms with Crippen molar-refractivity contribution in [2.24, 2.45) is 0 Å². The lowest BCUT2D eigenvalue weighted by atomic mass is 10.0. The van der Waals surface area contributed by atoms with Gasteiger partial charge in [-0.1, -0.05) is 86.5 Å².